The summed E-state index contributed by atoms with van der Waals surface area (Å²) in [5, 5.41) is 21.0. The number of hydrogen-bond acceptors (Lipinski definition) is 9. The third kappa shape index (κ3) is 4.74. The molecule has 0 unspecified atom stereocenters. The number of ether oxygens (including phenoxy) is 2. The third-order valence-corrected chi connectivity index (χ3v) is 5.14. The highest BCUT2D eigenvalue weighted by molar-refractivity contribution is 5.71. The summed E-state index contributed by atoms with van der Waals surface area (Å²) >= 11 is 0. The monoisotopic (exact) mass is 457 g/mol. The van der Waals surface area contributed by atoms with Crippen molar-refractivity contribution in [2.24, 2.45) is 4.99 Å². The molecule has 1 saturated heterocycles. The topological polar surface area (TPSA) is 161 Å². The van der Waals surface area contributed by atoms with Gasteiger partial charge in [0.05, 0.1) is 42.5 Å². The molecule has 3 atom stereocenters. The van der Waals surface area contributed by atoms with E-state index in [2.05, 4.69) is 19.9 Å². The van der Waals surface area contributed by atoms with Gasteiger partial charge in [0.15, 0.2) is 11.2 Å². The Kier molecular flexibility index (Phi) is 6.44. The Hall–Kier alpha value is -3.68. The van der Waals surface area contributed by atoms with Gasteiger partial charge in [0, 0.05) is 26.6 Å². The molecular weight excluding hydrogens is 434 g/mol. The molecule has 3 aromatic rings. The van der Waals surface area contributed by atoms with Crippen LogP contribution < -0.4 is 5.56 Å². The molecule has 1 aliphatic rings. The molecule has 1 aliphatic heterocycles. The first-order chi connectivity index (χ1) is 15.9. The lowest BCUT2D eigenvalue weighted by Crippen LogP contribution is -2.27. The number of nitrogens with zero attached hydrogens (tertiary/aromatic N) is 6. The molecule has 0 radical (unpaired) electrons. The number of imidazole rings is 1. The lowest BCUT2D eigenvalue weighted by Gasteiger charge is -2.16. The predicted octanol–water partition coefficient (Wildman–Crippen LogP) is 1.11. The average Bonchev–Trinajstić information content (AvgIpc) is 3.40. The quantitative estimate of drug-likeness (QED) is 0.218. The Morgan fingerprint density at radius 2 is 2.24 bits per heavy atom. The van der Waals surface area contributed by atoms with E-state index in [1.807, 2.05) is 0 Å². The van der Waals surface area contributed by atoms with Crippen molar-refractivity contribution in [2.75, 3.05) is 20.7 Å². The number of hydrogen-bond donors (Lipinski definition) is 2. The predicted molar refractivity (Wildman–Crippen MR) is 117 cm³/mol. The van der Waals surface area contributed by atoms with Gasteiger partial charge in [-0.15, -0.1) is 0 Å². The van der Waals surface area contributed by atoms with Crippen molar-refractivity contribution in [3.63, 3.8) is 0 Å². The van der Waals surface area contributed by atoms with E-state index in [1.165, 1.54) is 18.7 Å². The highest BCUT2D eigenvalue weighted by atomic mass is 16.6. The number of rotatable bonds is 8. The maximum absolute atomic E-state index is 12.4. The molecule has 0 saturated carbocycles. The van der Waals surface area contributed by atoms with E-state index in [1.54, 1.807) is 41.8 Å². The van der Waals surface area contributed by atoms with Crippen LogP contribution in [0.1, 0.15) is 18.2 Å². The fourth-order valence-electron chi connectivity index (χ4n) is 3.57. The highest BCUT2D eigenvalue weighted by Gasteiger charge is 2.38. The minimum Gasteiger partial charge on any atom is -0.394 e. The van der Waals surface area contributed by atoms with Gasteiger partial charge < -0.3 is 19.5 Å². The van der Waals surface area contributed by atoms with Crippen LogP contribution in [0.15, 0.2) is 40.4 Å². The zero-order chi connectivity index (χ0) is 23.5. The molecule has 0 amide bonds. The Labute approximate surface area is 187 Å². The number of aliphatic hydroxyl groups excluding tert-OH is 1. The van der Waals surface area contributed by atoms with Crippen LogP contribution in [0.2, 0.25) is 0 Å². The van der Waals surface area contributed by atoms with Crippen molar-refractivity contribution < 1.29 is 19.5 Å². The van der Waals surface area contributed by atoms with Gasteiger partial charge in [-0.2, -0.15) is 4.98 Å². The van der Waals surface area contributed by atoms with Gasteiger partial charge in [-0.25, -0.2) is 9.98 Å². The smallest absolute Gasteiger partial charge is 0.280 e. The normalized spacial score (nSPS) is 20.6. The van der Waals surface area contributed by atoms with Crippen LogP contribution in [0.25, 0.3) is 11.2 Å². The van der Waals surface area contributed by atoms with Crippen molar-refractivity contribution in [2.45, 2.75) is 31.5 Å². The number of aliphatic imine (C=N–C) groups is 1. The summed E-state index contributed by atoms with van der Waals surface area (Å²) < 4.78 is 13.4. The van der Waals surface area contributed by atoms with Gasteiger partial charge in [-0.3, -0.25) is 24.5 Å². The molecule has 1 aromatic carbocycles. The maximum atomic E-state index is 12.4. The molecule has 174 valence electrons. The average molecular weight is 457 g/mol. The second-order valence-corrected chi connectivity index (χ2v) is 7.70. The van der Waals surface area contributed by atoms with Crippen molar-refractivity contribution >= 4 is 29.1 Å². The first-order valence-electron chi connectivity index (χ1n) is 10.1. The summed E-state index contributed by atoms with van der Waals surface area (Å²) in [6.07, 6.45) is 1.46. The van der Waals surface area contributed by atoms with Crippen LogP contribution in [-0.2, 0) is 16.1 Å². The van der Waals surface area contributed by atoms with Crippen molar-refractivity contribution in [1.29, 1.82) is 0 Å². The summed E-state index contributed by atoms with van der Waals surface area (Å²) in [5.74, 6) is 0.115. The van der Waals surface area contributed by atoms with E-state index < -0.39 is 28.9 Å². The Morgan fingerprint density at radius 3 is 2.97 bits per heavy atom. The van der Waals surface area contributed by atoms with E-state index in [9.17, 15) is 20.0 Å². The summed E-state index contributed by atoms with van der Waals surface area (Å²) in [6, 6.07) is 6.31. The number of nitro groups is 1. The number of para-hydroxylation sites is 1. The van der Waals surface area contributed by atoms with Gasteiger partial charge in [0.25, 0.3) is 11.2 Å². The van der Waals surface area contributed by atoms with Gasteiger partial charge in [0.1, 0.15) is 12.3 Å². The number of nitro benzene ring substituents is 1. The molecule has 4 rings (SSSR count). The number of aliphatic hydroxyl groups is 1. The summed E-state index contributed by atoms with van der Waals surface area (Å²) in [4.78, 5) is 40.1. The van der Waals surface area contributed by atoms with E-state index in [0.29, 0.717) is 12.0 Å². The van der Waals surface area contributed by atoms with Crippen LogP contribution >= 0.6 is 0 Å². The molecule has 0 spiro atoms. The molecule has 3 heterocycles. The van der Waals surface area contributed by atoms with Crippen molar-refractivity contribution in [3.8, 4) is 0 Å². The molecule has 0 bridgehead atoms. The van der Waals surface area contributed by atoms with Crippen LogP contribution in [-0.4, -0.2) is 73.7 Å². The fraction of sp³-hybridized carbons (Fsp3) is 0.400. The molecule has 13 heteroatoms. The largest absolute Gasteiger partial charge is 0.394 e. The van der Waals surface area contributed by atoms with Crippen LogP contribution in [0, 0.1) is 10.1 Å². The first-order valence-corrected chi connectivity index (χ1v) is 10.1. The molecule has 2 aromatic heterocycles. The second-order valence-electron chi connectivity index (χ2n) is 7.70. The van der Waals surface area contributed by atoms with Gasteiger partial charge in [-0.1, -0.05) is 12.1 Å². The summed E-state index contributed by atoms with van der Waals surface area (Å²) in [5.41, 5.74) is 0.360. The van der Waals surface area contributed by atoms with E-state index in [0.717, 1.165) is 0 Å². The lowest BCUT2D eigenvalue weighted by molar-refractivity contribution is -0.386. The fourth-order valence-corrected chi connectivity index (χ4v) is 3.57. The number of aromatic nitrogens is 4. The SMILES string of the molecule is CN(C)C=Nc1nc2c(ncn2[C@H]2C[C@H](OCc3ccccc3[N+](=O)[O-])[C@@H](CO)O2)c(=O)[nH]1. The molecule has 33 heavy (non-hydrogen) atoms. The first kappa shape index (κ1) is 22.5. The minimum atomic E-state index is -0.663. The maximum Gasteiger partial charge on any atom is 0.280 e. The van der Waals surface area contributed by atoms with E-state index in [4.69, 9.17) is 9.47 Å². The van der Waals surface area contributed by atoms with Crippen LogP contribution in [0.5, 0.6) is 0 Å². The number of aromatic amines is 1. The Balaban J connectivity index is 1.56. The Morgan fingerprint density at radius 1 is 1.45 bits per heavy atom. The number of nitrogens with one attached hydrogen (secondary N) is 1. The number of benzene rings is 1. The van der Waals surface area contributed by atoms with Crippen LogP contribution in [0.4, 0.5) is 11.6 Å². The molecule has 2 N–H and O–H groups in total. The van der Waals surface area contributed by atoms with Gasteiger partial charge >= 0.3 is 0 Å². The zero-order valence-electron chi connectivity index (χ0n) is 18.0. The van der Waals surface area contributed by atoms with Crippen molar-refractivity contribution in [3.05, 3.63) is 56.6 Å². The molecule has 1 fully saturated rings. The van der Waals surface area contributed by atoms with Gasteiger partial charge in [-0.05, 0) is 6.07 Å². The zero-order valence-corrected chi connectivity index (χ0v) is 18.0. The molecule has 0 aliphatic carbocycles. The molecular formula is C20H23N7O6. The minimum absolute atomic E-state index is 0.0135. The third-order valence-electron chi connectivity index (χ3n) is 5.14. The lowest BCUT2D eigenvalue weighted by atomic mass is 10.1. The van der Waals surface area contributed by atoms with E-state index >= 15 is 0 Å². The number of fused-ring (bicyclic) bond motifs is 1. The van der Waals surface area contributed by atoms with Crippen LogP contribution in [0.3, 0.4) is 0 Å². The van der Waals surface area contributed by atoms with Crippen molar-refractivity contribution in [1.82, 2.24) is 24.4 Å². The highest BCUT2D eigenvalue weighted by Crippen LogP contribution is 2.33. The van der Waals surface area contributed by atoms with Gasteiger partial charge in [0.2, 0.25) is 5.95 Å². The number of H-pyrrole nitrogens is 1. The molecule has 13 nitrogen and oxygen atoms in total. The van der Waals surface area contributed by atoms with E-state index in [-0.39, 0.29) is 36.0 Å². The standard InChI is InChI=1S/C20H23N7O6/c1-25(2)10-22-20-23-18-17(19(29)24-20)21-11-26(18)16-7-14(15(8-28)33-16)32-9-12-5-3-4-6-13(12)27(30)31/h3-6,10-11,14-16,28H,7-9H2,1-2H3,(H,23,24,29)/t14-,15+,16+/m0/s1. The summed E-state index contributed by atoms with van der Waals surface area (Å²) in [7, 11) is 3.58. The summed E-state index contributed by atoms with van der Waals surface area (Å²) in [6.45, 7) is -0.322. The second kappa shape index (κ2) is 9.44. The Bertz CT molecular complexity index is 1240.